The van der Waals surface area contributed by atoms with E-state index < -0.39 is 23.5 Å². The fraction of sp³-hybridized carbons (Fsp3) is 0.321. The molecule has 8 nitrogen and oxygen atoms in total. The fourth-order valence-electron chi connectivity index (χ4n) is 4.34. The highest BCUT2D eigenvalue weighted by atomic mass is 32.1. The molecule has 0 fully saturated rings. The van der Waals surface area contributed by atoms with Gasteiger partial charge in [0, 0.05) is 13.1 Å². The highest BCUT2D eigenvalue weighted by molar-refractivity contribution is 7.14. The van der Waals surface area contributed by atoms with Crippen molar-refractivity contribution in [2.24, 2.45) is 0 Å². The first kappa shape index (κ1) is 26.4. The van der Waals surface area contributed by atoms with Gasteiger partial charge in [-0.05, 0) is 51.2 Å². The molecule has 0 aliphatic carbocycles. The Balaban J connectivity index is 1.72. The van der Waals surface area contributed by atoms with E-state index in [1.807, 2.05) is 56.3 Å². The average Bonchev–Trinajstić information content (AvgIpc) is 3.36. The highest BCUT2D eigenvalue weighted by Gasteiger charge is 2.44. The number of nitrogens with zero attached hydrogens (tertiary/aromatic N) is 3. The van der Waals surface area contributed by atoms with Crippen molar-refractivity contribution in [1.82, 2.24) is 14.8 Å². The number of methoxy groups -OCH3 is 1. The van der Waals surface area contributed by atoms with Gasteiger partial charge in [-0.1, -0.05) is 36.4 Å². The summed E-state index contributed by atoms with van der Waals surface area (Å²) in [7, 11) is 5.35. The van der Waals surface area contributed by atoms with Crippen LogP contribution in [-0.4, -0.2) is 65.9 Å². The van der Waals surface area contributed by atoms with Gasteiger partial charge in [0.15, 0.2) is 17.3 Å². The van der Waals surface area contributed by atoms with Crippen LogP contribution in [0.3, 0.4) is 0 Å². The third kappa shape index (κ3) is 5.52. The summed E-state index contributed by atoms with van der Waals surface area (Å²) in [5.74, 6) is -0.486. The van der Waals surface area contributed by atoms with Gasteiger partial charge in [-0.3, -0.25) is 9.59 Å². The van der Waals surface area contributed by atoms with E-state index in [0.29, 0.717) is 47.3 Å². The Labute approximate surface area is 220 Å². The van der Waals surface area contributed by atoms with E-state index in [0.717, 1.165) is 10.6 Å². The number of carbonyl (C=O) groups excluding carboxylic acids is 2. The first-order valence-corrected chi connectivity index (χ1v) is 12.7. The summed E-state index contributed by atoms with van der Waals surface area (Å²) in [5.41, 5.74) is 2.28. The van der Waals surface area contributed by atoms with Crippen LogP contribution in [0.25, 0.3) is 0 Å². The van der Waals surface area contributed by atoms with Crippen molar-refractivity contribution in [3.05, 3.63) is 86.6 Å². The summed E-state index contributed by atoms with van der Waals surface area (Å²) >= 11 is 1.26. The van der Waals surface area contributed by atoms with E-state index >= 15 is 0 Å². The summed E-state index contributed by atoms with van der Waals surface area (Å²) in [6.07, 6.45) is 0. The molecule has 37 heavy (non-hydrogen) atoms. The van der Waals surface area contributed by atoms with Gasteiger partial charge >= 0.3 is 0 Å². The van der Waals surface area contributed by atoms with Crippen LogP contribution in [0.5, 0.6) is 11.5 Å². The molecule has 1 aliphatic heterocycles. The van der Waals surface area contributed by atoms with Gasteiger partial charge in [-0.15, -0.1) is 11.3 Å². The van der Waals surface area contributed by atoms with Gasteiger partial charge in [0.05, 0.1) is 34.3 Å². The van der Waals surface area contributed by atoms with Crippen molar-refractivity contribution in [2.45, 2.75) is 26.5 Å². The second-order valence-electron chi connectivity index (χ2n) is 9.13. The van der Waals surface area contributed by atoms with Gasteiger partial charge in [0.25, 0.3) is 5.91 Å². The zero-order chi connectivity index (χ0) is 26.7. The van der Waals surface area contributed by atoms with Crippen molar-refractivity contribution in [1.29, 1.82) is 0 Å². The molecule has 0 saturated carbocycles. The number of amides is 1. The molecule has 0 bridgehead atoms. The summed E-state index contributed by atoms with van der Waals surface area (Å²) in [5, 5.41) is 11.7. The van der Waals surface area contributed by atoms with Crippen LogP contribution in [0.15, 0.2) is 59.9 Å². The van der Waals surface area contributed by atoms with E-state index in [1.54, 1.807) is 32.2 Å². The lowest BCUT2D eigenvalue weighted by atomic mass is 9.94. The van der Waals surface area contributed by atoms with E-state index in [1.165, 1.54) is 16.2 Å². The summed E-state index contributed by atoms with van der Waals surface area (Å²) in [6, 6.07) is 14.3. The lowest BCUT2D eigenvalue weighted by molar-refractivity contribution is -0.129. The van der Waals surface area contributed by atoms with Gasteiger partial charge < -0.3 is 24.4 Å². The number of likely N-dealkylation sites (N-methyl/N-ethyl adjacent to an activating group) is 1. The Hall–Kier alpha value is -3.69. The zero-order valence-corrected chi connectivity index (χ0v) is 22.5. The predicted octanol–water partition coefficient (Wildman–Crippen LogP) is 4.49. The number of aryl methyl sites for hydroxylation is 2. The number of aliphatic hydroxyl groups is 1. The maximum absolute atomic E-state index is 13.7. The quantitative estimate of drug-likeness (QED) is 0.393. The normalized spacial score (nSPS) is 15.6. The molecule has 3 aromatic rings. The minimum absolute atomic E-state index is 0.0514. The Kier molecular flexibility index (Phi) is 7.94. The number of aromatic nitrogens is 1. The maximum Gasteiger partial charge on any atom is 0.290 e. The monoisotopic (exact) mass is 521 g/mol. The number of hydrogen-bond acceptors (Lipinski definition) is 8. The molecule has 2 aromatic carbocycles. The van der Waals surface area contributed by atoms with E-state index in [2.05, 4.69) is 4.98 Å². The number of ketones is 1. The van der Waals surface area contributed by atoms with Crippen LogP contribution < -0.4 is 9.47 Å². The molecular formula is C28H31N3O5S. The molecule has 0 saturated heterocycles. The average molecular weight is 522 g/mol. The smallest absolute Gasteiger partial charge is 0.290 e. The predicted molar refractivity (Wildman–Crippen MR) is 142 cm³/mol. The van der Waals surface area contributed by atoms with Crippen LogP contribution in [0.1, 0.15) is 37.5 Å². The molecule has 2 heterocycles. The minimum Gasteiger partial charge on any atom is -0.503 e. The number of aliphatic hydroxyl groups excluding tert-OH is 1. The molecule has 1 amide bonds. The Morgan fingerprint density at radius 1 is 1.14 bits per heavy atom. The minimum atomic E-state index is -0.779. The molecule has 4 rings (SSSR count). The van der Waals surface area contributed by atoms with Crippen LogP contribution in [-0.2, 0) is 11.4 Å². The molecule has 0 spiro atoms. The van der Waals surface area contributed by atoms with Crippen LogP contribution >= 0.6 is 11.3 Å². The molecule has 1 aromatic heterocycles. The largest absolute Gasteiger partial charge is 0.503 e. The number of Topliss-reactive ketones (excluding diaryl/α,β-unsaturated/α-hetero) is 1. The number of hydrogen-bond donors (Lipinski definition) is 1. The molecule has 194 valence electrons. The topological polar surface area (TPSA) is 92.2 Å². The van der Waals surface area contributed by atoms with Crippen LogP contribution in [0.4, 0.5) is 0 Å². The summed E-state index contributed by atoms with van der Waals surface area (Å²) in [4.78, 5) is 35.1. The fourth-order valence-corrected chi connectivity index (χ4v) is 5.22. The third-order valence-electron chi connectivity index (χ3n) is 6.19. The molecule has 1 atom stereocenters. The number of rotatable bonds is 10. The second-order valence-corrected chi connectivity index (χ2v) is 10.3. The van der Waals surface area contributed by atoms with Crippen molar-refractivity contribution >= 4 is 23.0 Å². The Morgan fingerprint density at radius 3 is 2.49 bits per heavy atom. The van der Waals surface area contributed by atoms with Crippen molar-refractivity contribution < 1.29 is 24.2 Å². The molecule has 9 heteroatoms. The first-order valence-electron chi connectivity index (χ1n) is 11.9. The van der Waals surface area contributed by atoms with E-state index in [-0.39, 0.29) is 5.57 Å². The van der Waals surface area contributed by atoms with E-state index in [4.69, 9.17) is 9.47 Å². The Bertz CT molecular complexity index is 1330. The number of carbonyl (C=O) groups is 2. The lowest BCUT2D eigenvalue weighted by Gasteiger charge is -2.28. The van der Waals surface area contributed by atoms with E-state index in [9.17, 15) is 14.7 Å². The lowest BCUT2D eigenvalue weighted by Crippen LogP contribution is -2.36. The van der Waals surface area contributed by atoms with Crippen molar-refractivity contribution in [3.8, 4) is 11.5 Å². The van der Waals surface area contributed by atoms with Gasteiger partial charge in [-0.25, -0.2) is 4.98 Å². The Morgan fingerprint density at radius 2 is 1.86 bits per heavy atom. The molecule has 1 aliphatic rings. The highest BCUT2D eigenvalue weighted by Crippen LogP contribution is 2.42. The molecule has 0 radical (unpaired) electrons. The molecule has 1 unspecified atom stereocenters. The third-order valence-corrected chi connectivity index (χ3v) is 7.26. The summed E-state index contributed by atoms with van der Waals surface area (Å²) in [6.45, 7) is 4.83. The maximum atomic E-state index is 13.7. The van der Waals surface area contributed by atoms with Crippen LogP contribution in [0.2, 0.25) is 0 Å². The molecule has 1 N–H and O–H groups in total. The zero-order valence-electron chi connectivity index (χ0n) is 21.6. The first-order chi connectivity index (χ1) is 17.7. The molecular weight excluding hydrogens is 490 g/mol. The van der Waals surface area contributed by atoms with Crippen LogP contribution in [0, 0.1) is 13.8 Å². The SMILES string of the molecule is COc1cc(C2C(C(=O)c3sc(C)nc3C)=C(O)C(=O)N2CCN(C)C)ccc1OCc1ccccc1. The number of ether oxygens (including phenoxy) is 2. The number of benzene rings is 2. The number of thiazole rings is 1. The van der Waals surface area contributed by atoms with Crippen molar-refractivity contribution in [2.75, 3.05) is 34.3 Å². The standard InChI is InChI=1S/C28H31N3O5S/c1-17-27(37-18(2)29-17)25(32)23-24(31(14-13-30(3)4)28(34)26(23)33)20-11-12-21(22(15-20)35-5)36-16-19-9-7-6-8-10-19/h6-12,15,24,33H,13-14,16H2,1-5H3. The van der Waals surface area contributed by atoms with Gasteiger partial charge in [0.1, 0.15) is 6.61 Å². The van der Waals surface area contributed by atoms with Crippen molar-refractivity contribution in [3.63, 3.8) is 0 Å². The summed E-state index contributed by atoms with van der Waals surface area (Å²) < 4.78 is 11.6. The van der Waals surface area contributed by atoms with Gasteiger partial charge in [0.2, 0.25) is 5.78 Å². The van der Waals surface area contributed by atoms with Gasteiger partial charge in [-0.2, -0.15) is 0 Å². The second kappa shape index (κ2) is 11.1.